The third kappa shape index (κ3) is 1.91. The Morgan fingerprint density at radius 3 is 2.93 bits per heavy atom. The Hall–Kier alpha value is -0.600. The molecule has 1 aliphatic rings. The van der Waals surface area contributed by atoms with E-state index in [9.17, 15) is 0 Å². The predicted octanol–water partition coefficient (Wildman–Crippen LogP) is 3.13. The van der Waals surface area contributed by atoms with Crippen LogP contribution >= 0.6 is 15.9 Å². The Morgan fingerprint density at radius 1 is 1.29 bits per heavy atom. The van der Waals surface area contributed by atoms with Crippen molar-refractivity contribution in [2.45, 2.75) is 19.3 Å². The summed E-state index contributed by atoms with van der Waals surface area (Å²) in [6.07, 6.45) is 5.64. The van der Waals surface area contributed by atoms with Crippen LogP contribution in [0.3, 0.4) is 0 Å². The number of benzene rings is 1. The van der Waals surface area contributed by atoms with E-state index in [1.54, 1.807) is 0 Å². The fourth-order valence-corrected chi connectivity index (χ4v) is 2.44. The Balaban J connectivity index is 2.37. The standard InChI is InChI=1S/C12H14BrN/c13-12-3-1-2-10-5-4-9(6-7-14)8-11(10)12/h1-3,8H,4-7,14H2. The first-order valence-electron chi connectivity index (χ1n) is 4.98. The molecule has 0 heterocycles. The van der Waals surface area contributed by atoms with E-state index in [1.807, 2.05) is 0 Å². The number of aryl methyl sites for hydroxylation is 1. The molecule has 0 saturated carbocycles. The van der Waals surface area contributed by atoms with Crippen molar-refractivity contribution < 1.29 is 0 Å². The Kier molecular flexibility index (Phi) is 3.04. The molecule has 2 rings (SSSR count). The Bertz CT molecular complexity index is 369. The first-order valence-corrected chi connectivity index (χ1v) is 5.77. The van der Waals surface area contributed by atoms with Gasteiger partial charge in [0, 0.05) is 4.47 Å². The average Bonchev–Trinajstić information content (AvgIpc) is 2.20. The van der Waals surface area contributed by atoms with Gasteiger partial charge in [-0.3, -0.25) is 0 Å². The van der Waals surface area contributed by atoms with E-state index in [1.165, 1.54) is 27.6 Å². The van der Waals surface area contributed by atoms with Crippen molar-refractivity contribution in [3.8, 4) is 0 Å². The van der Waals surface area contributed by atoms with E-state index in [2.05, 4.69) is 40.2 Å². The monoisotopic (exact) mass is 251 g/mol. The van der Waals surface area contributed by atoms with Crippen molar-refractivity contribution in [1.29, 1.82) is 0 Å². The van der Waals surface area contributed by atoms with Crippen LogP contribution < -0.4 is 5.73 Å². The molecule has 0 bridgehead atoms. The molecule has 2 N–H and O–H groups in total. The topological polar surface area (TPSA) is 26.0 Å². The van der Waals surface area contributed by atoms with Gasteiger partial charge in [0.05, 0.1) is 0 Å². The van der Waals surface area contributed by atoms with Gasteiger partial charge in [-0.05, 0) is 43.0 Å². The van der Waals surface area contributed by atoms with Crippen molar-refractivity contribution in [1.82, 2.24) is 0 Å². The zero-order valence-electron chi connectivity index (χ0n) is 8.09. The van der Waals surface area contributed by atoms with Crippen LogP contribution in [-0.4, -0.2) is 6.54 Å². The molecule has 1 aromatic carbocycles. The van der Waals surface area contributed by atoms with E-state index >= 15 is 0 Å². The fraction of sp³-hybridized carbons (Fsp3) is 0.333. The van der Waals surface area contributed by atoms with E-state index in [0.29, 0.717) is 0 Å². The molecule has 74 valence electrons. The van der Waals surface area contributed by atoms with Gasteiger partial charge in [-0.1, -0.05) is 39.7 Å². The van der Waals surface area contributed by atoms with Gasteiger partial charge in [-0.25, -0.2) is 0 Å². The van der Waals surface area contributed by atoms with Gasteiger partial charge in [0.25, 0.3) is 0 Å². The molecule has 1 aromatic rings. The van der Waals surface area contributed by atoms with Crippen LogP contribution in [0.15, 0.2) is 28.2 Å². The molecule has 0 saturated heterocycles. The number of fused-ring (bicyclic) bond motifs is 1. The van der Waals surface area contributed by atoms with Gasteiger partial charge in [0.1, 0.15) is 0 Å². The maximum atomic E-state index is 5.56. The van der Waals surface area contributed by atoms with Crippen LogP contribution in [0, 0.1) is 0 Å². The maximum Gasteiger partial charge on any atom is 0.0250 e. The van der Waals surface area contributed by atoms with Gasteiger partial charge in [-0.2, -0.15) is 0 Å². The predicted molar refractivity (Wildman–Crippen MR) is 64.1 cm³/mol. The minimum Gasteiger partial charge on any atom is -0.330 e. The summed E-state index contributed by atoms with van der Waals surface area (Å²) >= 11 is 3.58. The molecule has 0 atom stereocenters. The van der Waals surface area contributed by atoms with Gasteiger partial charge in [0.15, 0.2) is 0 Å². The summed E-state index contributed by atoms with van der Waals surface area (Å²) in [6.45, 7) is 0.756. The van der Waals surface area contributed by atoms with Crippen molar-refractivity contribution in [3.05, 3.63) is 39.4 Å². The van der Waals surface area contributed by atoms with Crippen LogP contribution in [0.5, 0.6) is 0 Å². The van der Waals surface area contributed by atoms with Crippen molar-refractivity contribution in [2.75, 3.05) is 6.54 Å². The van der Waals surface area contributed by atoms with Crippen LogP contribution in [0.4, 0.5) is 0 Å². The zero-order valence-corrected chi connectivity index (χ0v) is 9.68. The van der Waals surface area contributed by atoms with E-state index in [-0.39, 0.29) is 0 Å². The molecule has 14 heavy (non-hydrogen) atoms. The minimum atomic E-state index is 0.756. The minimum absolute atomic E-state index is 0.756. The summed E-state index contributed by atoms with van der Waals surface area (Å²) in [7, 11) is 0. The molecule has 2 heteroatoms. The lowest BCUT2D eigenvalue weighted by Gasteiger charge is -2.17. The molecule has 0 unspecified atom stereocenters. The van der Waals surface area contributed by atoms with Gasteiger partial charge in [-0.15, -0.1) is 0 Å². The van der Waals surface area contributed by atoms with Gasteiger partial charge < -0.3 is 5.73 Å². The largest absolute Gasteiger partial charge is 0.330 e. The molecule has 0 aliphatic heterocycles. The number of halogens is 1. The highest BCUT2D eigenvalue weighted by Gasteiger charge is 2.11. The summed E-state index contributed by atoms with van der Waals surface area (Å²) in [6, 6.07) is 6.40. The molecule has 0 fully saturated rings. The van der Waals surface area contributed by atoms with Crippen molar-refractivity contribution in [3.63, 3.8) is 0 Å². The molecule has 1 nitrogen and oxygen atoms in total. The summed E-state index contributed by atoms with van der Waals surface area (Å²) in [5.74, 6) is 0. The van der Waals surface area contributed by atoms with Crippen LogP contribution in [-0.2, 0) is 6.42 Å². The molecular weight excluding hydrogens is 238 g/mol. The lowest BCUT2D eigenvalue weighted by molar-refractivity contribution is 0.836. The highest BCUT2D eigenvalue weighted by atomic mass is 79.9. The quantitative estimate of drug-likeness (QED) is 0.859. The van der Waals surface area contributed by atoms with Crippen LogP contribution in [0.25, 0.3) is 6.08 Å². The Labute approximate surface area is 93.1 Å². The summed E-state index contributed by atoms with van der Waals surface area (Å²) in [5.41, 5.74) is 9.84. The lowest BCUT2D eigenvalue weighted by atomic mass is 9.91. The summed E-state index contributed by atoms with van der Waals surface area (Å²) < 4.78 is 1.20. The normalized spacial score (nSPS) is 14.9. The maximum absolute atomic E-state index is 5.56. The first kappa shape index (κ1) is 9.94. The van der Waals surface area contributed by atoms with E-state index in [0.717, 1.165) is 19.4 Å². The Morgan fingerprint density at radius 2 is 2.14 bits per heavy atom. The second kappa shape index (κ2) is 4.28. The van der Waals surface area contributed by atoms with E-state index in [4.69, 9.17) is 5.73 Å². The summed E-state index contributed by atoms with van der Waals surface area (Å²) in [4.78, 5) is 0. The third-order valence-corrected chi connectivity index (χ3v) is 3.36. The van der Waals surface area contributed by atoms with Gasteiger partial charge in [0.2, 0.25) is 0 Å². The third-order valence-electron chi connectivity index (χ3n) is 2.67. The molecule has 0 amide bonds. The number of nitrogens with two attached hydrogens (primary N) is 1. The molecule has 0 radical (unpaired) electrons. The second-order valence-electron chi connectivity index (χ2n) is 3.65. The molecule has 0 aromatic heterocycles. The first-order chi connectivity index (χ1) is 6.81. The van der Waals surface area contributed by atoms with Gasteiger partial charge >= 0.3 is 0 Å². The highest BCUT2D eigenvalue weighted by Crippen LogP contribution is 2.30. The second-order valence-corrected chi connectivity index (χ2v) is 4.51. The lowest BCUT2D eigenvalue weighted by Crippen LogP contribution is -2.05. The molecule has 1 aliphatic carbocycles. The zero-order chi connectivity index (χ0) is 9.97. The number of rotatable bonds is 2. The SMILES string of the molecule is NCCC1=Cc2c(Br)cccc2CC1. The van der Waals surface area contributed by atoms with Crippen molar-refractivity contribution in [2.24, 2.45) is 5.73 Å². The fourth-order valence-electron chi connectivity index (χ4n) is 1.92. The van der Waals surface area contributed by atoms with E-state index < -0.39 is 0 Å². The molecular formula is C12H14BrN. The molecule has 0 spiro atoms. The average molecular weight is 252 g/mol. The van der Waals surface area contributed by atoms with Crippen LogP contribution in [0.2, 0.25) is 0 Å². The van der Waals surface area contributed by atoms with Crippen LogP contribution in [0.1, 0.15) is 24.0 Å². The smallest absolute Gasteiger partial charge is 0.0250 e. The number of hydrogen-bond donors (Lipinski definition) is 1. The highest BCUT2D eigenvalue weighted by molar-refractivity contribution is 9.10. The summed E-state index contributed by atoms with van der Waals surface area (Å²) in [5, 5.41) is 0. The number of hydrogen-bond acceptors (Lipinski definition) is 1. The van der Waals surface area contributed by atoms with Crippen molar-refractivity contribution >= 4 is 22.0 Å².